The molecular weight excluding hydrogens is 303 g/mol. The summed E-state index contributed by atoms with van der Waals surface area (Å²) in [6, 6.07) is 16.0. The highest BCUT2D eigenvalue weighted by molar-refractivity contribution is 5.84. The molecule has 0 spiro atoms. The smallest absolute Gasteiger partial charge is 0.228 e. The number of carbonyl (C=O) groups excluding carboxylic acids is 1. The van der Waals surface area contributed by atoms with E-state index in [1.54, 1.807) is 12.1 Å². The lowest BCUT2D eigenvalue weighted by Crippen LogP contribution is -2.42. The van der Waals surface area contributed by atoms with Crippen molar-refractivity contribution in [1.82, 2.24) is 10.2 Å². The van der Waals surface area contributed by atoms with E-state index in [4.69, 9.17) is 0 Å². The second-order valence-corrected chi connectivity index (χ2v) is 6.93. The third-order valence-corrected chi connectivity index (χ3v) is 5.43. The van der Waals surface area contributed by atoms with Gasteiger partial charge in [0.05, 0.1) is 11.5 Å². The van der Waals surface area contributed by atoms with Crippen LogP contribution in [-0.2, 0) is 4.79 Å². The highest BCUT2D eigenvalue weighted by atomic mass is 19.1. The number of carbonyl (C=O) groups is 1. The maximum Gasteiger partial charge on any atom is 0.228 e. The van der Waals surface area contributed by atoms with Crippen molar-refractivity contribution >= 4 is 5.91 Å². The number of piperidine rings is 1. The molecule has 0 saturated carbocycles. The van der Waals surface area contributed by atoms with Gasteiger partial charge in [-0.15, -0.1) is 0 Å². The van der Waals surface area contributed by atoms with Crippen LogP contribution in [0.1, 0.15) is 30.0 Å². The Bertz CT molecular complexity index is 721. The lowest BCUT2D eigenvalue weighted by atomic mass is 9.83. The molecule has 2 heterocycles. The fourth-order valence-electron chi connectivity index (χ4n) is 3.97. The van der Waals surface area contributed by atoms with Crippen LogP contribution in [0.15, 0.2) is 54.6 Å². The van der Waals surface area contributed by atoms with Crippen LogP contribution in [0.5, 0.6) is 0 Å². The Morgan fingerprint density at radius 3 is 2.21 bits per heavy atom. The van der Waals surface area contributed by atoms with E-state index >= 15 is 0 Å². The molecule has 2 bridgehead atoms. The Labute approximate surface area is 141 Å². The first-order valence-electron chi connectivity index (χ1n) is 8.50. The molecule has 1 amide bonds. The normalized spacial score (nSPS) is 26.3. The number of hydrogen-bond donors (Lipinski definition) is 1. The molecule has 1 unspecified atom stereocenters. The molecule has 2 saturated heterocycles. The lowest BCUT2D eigenvalue weighted by Gasteiger charge is -2.28. The van der Waals surface area contributed by atoms with Gasteiger partial charge in [-0.2, -0.15) is 0 Å². The Balaban J connectivity index is 1.63. The Morgan fingerprint density at radius 1 is 1.00 bits per heavy atom. The highest BCUT2D eigenvalue weighted by Gasteiger charge is 2.49. The first kappa shape index (κ1) is 15.3. The van der Waals surface area contributed by atoms with Gasteiger partial charge in [-0.3, -0.25) is 4.79 Å². The molecule has 1 N–H and O–H groups in total. The SMILES string of the molecule is O=C(NC(c1ccccc1)c1ccc(F)cc1)C12CCN(CC1)C2. The van der Waals surface area contributed by atoms with E-state index in [9.17, 15) is 9.18 Å². The third-order valence-electron chi connectivity index (χ3n) is 5.43. The molecule has 2 aromatic rings. The summed E-state index contributed by atoms with van der Waals surface area (Å²) >= 11 is 0. The maximum atomic E-state index is 13.3. The Morgan fingerprint density at radius 2 is 1.62 bits per heavy atom. The fourth-order valence-corrected chi connectivity index (χ4v) is 3.97. The van der Waals surface area contributed by atoms with Gasteiger partial charge in [0, 0.05) is 6.54 Å². The summed E-state index contributed by atoms with van der Waals surface area (Å²) in [7, 11) is 0. The molecule has 124 valence electrons. The van der Waals surface area contributed by atoms with E-state index in [0.29, 0.717) is 0 Å². The van der Waals surface area contributed by atoms with Gasteiger partial charge in [0.15, 0.2) is 0 Å². The van der Waals surface area contributed by atoms with Crippen molar-refractivity contribution in [3.63, 3.8) is 0 Å². The molecule has 2 aliphatic rings. The van der Waals surface area contributed by atoms with Gasteiger partial charge in [0.2, 0.25) is 5.91 Å². The Kier molecular flexibility index (Phi) is 3.85. The van der Waals surface area contributed by atoms with Crippen molar-refractivity contribution < 1.29 is 9.18 Å². The zero-order chi connectivity index (χ0) is 16.6. The fraction of sp³-hybridized carbons (Fsp3) is 0.350. The number of nitrogens with one attached hydrogen (secondary N) is 1. The van der Waals surface area contributed by atoms with Crippen LogP contribution in [0.3, 0.4) is 0 Å². The monoisotopic (exact) mass is 324 g/mol. The maximum absolute atomic E-state index is 13.3. The minimum absolute atomic E-state index is 0.126. The van der Waals surface area contributed by atoms with Crippen molar-refractivity contribution in [1.29, 1.82) is 0 Å². The van der Waals surface area contributed by atoms with E-state index in [0.717, 1.165) is 43.6 Å². The molecular formula is C20H21FN2O. The van der Waals surface area contributed by atoms with E-state index < -0.39 is 0 Å². The molecule has 2 fully saturated rings. The van der Waals surface area contributed by atoms with E-state index in [-0.39, 0.29) is 23.2 Å². The van der Waals surface area contributed by atoms with E-state index in [1.807, 2.05) is 30.3 Å². The van der Waals surface area contributed by atoms with Gasteiger partial charge in [-0.1, -0.05) is 42.5 Å². The second kappa shape index (κ2) is 6.02. The van der Waals surface area contributed by atoms with Crippen molar-refractivity contribution in [2.75, 3.05) is 19.6 Å². The van der Waals surface area contributed by atoms with Crippen LogP contribution in [-0.4, -0.2) is 30.4 Å². The second-order valence-electron chi connectivity index (χ2n) is 6.93. The zero-order valence-electron chi connectivity index (χ0n) is 13.5. The minimum atomic E-state index is -0.266. The summed E-state index contributed by atoms with van der Waals surface area (Å²) < 4.78 is 13.3. The van der Waals surface area contributed by atoms with Gasteiger partial charge in [-0.05, 0) is 49.2 Å². The molecule has 1 atom stereocenters. The molecule has 0 aromatic heterocycles. The molecule has 3 nitrogen and oxygen atoms in total. The molecule has 2 aliphatic heterocycles. The number of halogens is 1. The summed E-state index contributed by atoms with van der Waals surface area (Å²) in [5.41, 5.74) is 1.68. The van der Waals surface area contributed by atoms with Crippen LogP contribution < -0.4 is 5.32 Å². The molecule has 0 radical (unpaired) electrons. The first-order chi connectivity index (χ1) is 11.7. The number of amides is 1. The standard InChI is InChI=1S/C20H21FN2O/c21-17-8-6-16(7-9-17)18(15-4-2-1-3-5-15)22-19(24)20-10-12-23(14-20)13-11-20/h1-9,18H,10-14H2,(H,22,24). The summed E-state index contributed by atoms with van der Waals surface area (Å²) in [6.45, 7) is 2.89. The van der Waals surface area contributed by atoms with Crippen LogP contribution in [0.4, 0.5) is 4.39 Å². The van der Waals surface area contributed by atoms with E-state index in [2.05, 4.69) is 10.2 Å². The topological polar surface area (TPSA) is 32.3 Å². The average molecular weight is 324 g/mol. The number of hydrogen-bond acceptors (Lipinski definition) is 2. The van der Waals surface area contributed by atoms with Crippen molar-refractivity contribution in [2.45, 2.75) is 18.9 Å². The van der Waals surface area contributed by atoms with Gasteiger partial charge < -0.3 is 10.2 Å². The van der Waals surface area contributed by atoms with E-state index in [1.165, 1.54) is 12.1 Å². The molecule has 24 heavy (non-hydrogen) atoms. The zero-order valence-corrected chi connectivity index (χ0v) is 13.5. The summed E-state index contributed by atoms with van der Waals surface area (Å²) in [6.07, 6.45) is 1.87. The van der Waals surface area contributed by atoms with Gasteiger partial charge in [0.1, 0.15) is 5.82 Å². The number of rotatable bonds is 4. The van der Waals surface area contributed by atoms with Crippen LogP contribution >= 0.6 is 0 Å². The van der Waals surface area contributed by atoms with Crippen LogP contribution in [0.25, 0.3) is 0 Å². The first-order valence-corrected chi connectivity index (χ1v) is 8.50. The number of fused-ring (bicyclic) bond motifs is 2. The van der Waals surface area contributed by atoms with Gasteiger partial charge in [0.25, 0.3) is 0 Å². The van der Waals surface area contributed by atoms with Crippen molar-refractivity contribution in [3.05, 3.63) is 71.5 Å². The molecule has 4 heteroatoms. The summed E-state index contributed by atoms with van der Waals surface area (Å²) in [5.74, 6) is -0.140. The Hall–Kier alpha value is -2.20. The lowest BCUT2D eigenvalue weighted by molar-refractivity contribution is -0.130. The predicted octanol–water partition coefficient (Wildman–Crippen LogP) is 3.13. The number of nitrogens with zero attached hydrogens (tertiary/aromatic N) is 1. The van der Waals surface area contributed by atoms with Gasteiger partial charge >= 0.3 is 0 Å². The quantitative estimate of drug-likeness (QED) is 0.937. The molecule has 4 rings (SSSR count). The molecule has 0 aliphatic carbocycles. The summed E-state index contributed by atoms with van der Waals surface area (Å²) in [4.78, 5) is 15.4. The predicted molar refractivity (Wildman–Crippen MR) is 90.9 cm³/mol. The van der Waals surface area contributed by atoms with Crippen LogP contribution in [0, 0.1) is 11.2 Å². The van der Waals surface area contributed by atoms with Crippen LogP contribution in [0.2, 0.25) is 0 Å². The minimum Gasteiger partial charge on any atom is -0.345 e. The summed E-state index contributed by atoms with van der Waals surface area (Å²) in [5, 5.41) is 3.24. The largest absolute Gasteiger partial charge is 0.345 e. The third kappa shape index (κ3) is 2.71. The van der Waals surface area contributed by atoms with Gasteiger partial charge in [-0.25, -0.2) is 4.39 Å². The van der Waals surface area contributed by atoms with Crippen molar-refractivity contribution in [3.8, 4) is 0 Å². The highest BCUT2D eigenvalue weighted by Crippen LogP contribution is 2.41. The average Bonchev–Trinajstić information content (AvgIpc) is 3.24. The molecule has 2 aromatic carbocycles. The van der Waals surface area contributed by atoms with Crippen molar-refractivity contribution in [2.24, 2.45) is 5.41 Å². The number of benzene rings is 2.